The second-order valence-corrected chi connectivity index (χ2v) is 5.08. The Kier molecular flexibility index (Phi) is 5.23. The number of alkyl halides is 1. The number of hydrogen-bond donors (Lipinski definition) is 0. The topological polar surface area (TPSA) is 9.23 Å². The Morgan fingerprint density at radius 3 is 2.38 bits per heavy atom. The maximum absolute atomic E-state index is 6.35. The van der Waals surface area contributed by atoms with E-state index in [1.165, 1.54) is 0 Å². The van der Waals surface area contributed by atoms with Crippen molar-refractivity contribution in [1.29, 1.82) is 0 Å². The number of ether oxygens (including phenoxy) is 1. The lowest BCUT2D eigenvalue weighted by atomic mass is 9.98. The molecule has 0 aliphatic carbocycles. The maximum Gasteiger partial charge on any atom is 0.138 e. The number of hydrogen-bond acceptors (Lipinski definition) is 1. The van der Waals surface area contributed by atoms with Gasteiger partial charge in [0.1, 0.15) is 5.75 Å². The Bertz CT molecular complexity index is 366. The van der Waals surface area contributed by atoms with Gasteiger partial charge in [0, 0.05) is 11.1 Å². The minimum atomic E-state index is -0.124. The van der Waals surface area contributed by atoms with Gasteiger partial charge >= 0.3 is 0 Å². The zero-order valence-electron chi connectivity index (χ0n) is 9.56. The maximum atomic E-state index is 6.35. The molecule has 0 aromatic heterocycles. The summed E-state index contributed by atoms with van der Waals surface area (Å²) in [6, 6.07) is 3.49. The Labute approximate surface area is 112 Å². The second-order valence-electron chi connectivity index (χ2n) is 3.80. The van der Waals surface area contributed by atoms with Crippen LogP contribution < -0.4 is 4.74 Å². The van der Waals surface area contributed by atoms with E-state index in [9.17, 15) is 0 Å². The molecule has 0 N–H and O–H groups in total. The molecule has 1 nitrogen and oxygen atoms in total. The van der Waals surface area contributed by atoms with Crippen LogP contribution in [0.1, 0.15) is 31.2 Å². The molecule has 0 amide bonds. The van der Waals surface area contributed by atoms with E-state index in [4.69, 9.17) is 39.5 Å². The summed E-state index contributed by atoms with van der Waals surface area (Å²) in [5.41, 5.74) is 0.864. The van der Waals surface area contributed by atoms with Gasteiger partial charge < -0.3 is 4.74 Å². The minimum absolute atomic E-state index is 0.124. The lowest BCUT2D eigenvalue weighted by Crippen LogP contribution is -2.03. The van der Waals surface area contributed by atoms with Gasteiger partial charge in [0.05, 0.1) is 17.5 Å². The highest BCUT2D eigenvalue weighted by molar-refractivity contribution is 6.35. The van der Waals surface area contributed by atoms with Crippen molar-refractivity contribution < 1.29 is 4.74 Å². The summed E-state index contributed by atoms with van der Waals surface area (Å²) in [6.45, 7) is 4.19. The molecular weight excluding hydrogens is 266 g/mol. The summed E-state index contributed by atoms with van der Waals surface area (Å²) in [5.74, 6) is 0.923. The summed E-state index contributed by atoms with van der Waals surface area (Å²) >= 11 is 18.5. The van der Waals surface area contributed by atoms with Crippen LogP contribution in [0.2, 0.25) is 10.0 Å². The lowest BCUT2D eigenvalue weighted by Gasteiger charge is -2.18. The average molecular weight is 282 g/mol. The fourth-order valence-electron chi connectivity index (χ4n) is 1.43. The van der Waals surface area contributed by atoms with Crippen molar-refractivity contribution in [3.05, 3.63) is 27.7 Å². The van der Waals surface area contributed by atoms with Gasteiger partial charge in [-0.05, 0) is 17.5 Å². The number of benzene rings is 1. The van der Waals surface area contributed by atoms with Crippen LogP contribution in [-0.2, 0) is 0 Å². The molecule has 0 spiro atoms. The molecule has 0 saturated carbocycles. The first-order chi connectivity index (χ1) is 7.51. The molecule has 2 atom stereocenters. The summed E-state index contributed by atoms with van der Waals surface area (Å²) in [5, 5.41) is 1.01. The predicted octanol–water partition coefficient (Wildman–Crippen LogP) is 5.33. The standard InChI is InChI=1S/C12H15Cl3O/c1-4-7(2)12(15)8-5-10(14)11(16-3)6-9(8)13/h5-7,12H,4H2,1-3H3. The molecule has 0 aliphatic heterocycles. The quantitative estimate of drug-likeness (QED) is 0.678. The molecule has 16 heavy (non-hydrogen) atoms. The van der Waals surface area contributed by atoms with Crippen LogP contribution in [0.5, 0.6) is 5.75 Å². The van der Waals surface area contributed by atoms with Crippen LogP contribution in [0.3, 0.4) is 0 Å². The molecule has 0 radical (unpaired) electrons. The highest BCUT2D eigenvalue weighted by Crippen LogP contribution is 2.39. The number of methoxy groups -OCH3 is 1. The molecule has 1 aromatic rings. The molecule has 0 bridgehead atoms. The van der Waals surface area contributed by atoms with Crippen molar-refractivity contribution in [1.82, 2.24) is 0 Å². The number of halogens is 3. The molecule has 4 heteroatoms. The smallest absolute Gasteiger partial charge is 0.138 e. The first-order valence-electron chi connectivity index (χ1n) is 5.18. The SMILES string of the molecule is CCC(C)C(Cl)c1cc(Cl)c(OC)cc1Cl. The fourth-order valence-corrected chi connectivity index (χ4v) is 2.36. The van der Waals surface area contributed by atoms with Gasteiger partial charge in [0.2, 0.25) is 0 Å². The van der Waals surface area contributed by atoms with E-state index < -0.39 is 0 Å². The molecule has 2 unspecified atom stereocenters. The van der Waals surface area contributed by atoms with Gasteiger partial charge in [-0.2, -0.15) is 0 Å². The Morgan fingerprint density at radius 2 is 1.88 bits per heavy atom. The van der Waals surface area contributed by atoms with Crippen molar-refractivity contribution in [2.24, 2.45) is 5.92 Å². The van der Waals surface area contributed by atoms with Gasteiger partial charge in [-0.15, -0.1) is 11.6 Å². The summed E-state index contributed by atoms with van der Waals surface area (Å²) in [4.78, 5) is 0. The van der Waals surface area contributed by atoms with Gasteiger partial charge in [0.15, 0.2) is 0 Å². The van der Waals surface area contributed by atoms with Crippen LogP contribution in [0, 0.1) is 5.92 Å². The monoisotopic (exact) mass is 280 g/mol. The predicted molar refractivity (Wildman–Crippen MR) is 71.1 cm³/mol. The second kappa shape index (κ2) is 6.00. The van der Waals surface area contributed by atoms with Crippen molar-refractivity contribution >= 4 is 34.8 Å². The Balaban J connectivity index is 3.10. The molecule has 1 rings (SSSR count). The normalized spacial score (nSPS) is 14.6. The van der Waals surface area contributed by atoms with E-state index >= 15 is 0 Å². The molecule has 0 saturated heterocycles. The zero-order chi connectivity index (χ0) is 12.3. The molecule has 90 valence electrons. The molecule has 0 aliphatic rings. The largest absolute Gasteiger partial charge is 0.495 e. The third-order valence-corrected chi connectivity index (χ3v) is 4.00. The highest BCUT2D eigenvalue weighted by atomic mass is 35.5. The van der Waals surface area contributed by atoms with E-state index in [-0.39, 0.29) is 5.38 Å². The van der Waals surface area contributed by atoms with Crippen LogP contribution in [0.15, 0.2) is 12.1 Å². The van der Waals surface area contributed by atoms with E-state index in [0.717, 1.165) is 12.0 Å². The molecular formula is C12H15Cl3O. The number of rotatable bonds is 4. The third kappa shape index (κ3) is 2.97. The summed E-state index contributed by atoms with van der Waals surface area (Å²) < 4.78 is 5.09. The van der Waals surface area contributed by atoms with Gasteiger partial charge in [0.25, 0.3) is 0 Å². The highest BCUT2D eigenvalue weighted by Gasteiger charge is 2.19. The summed E-state index contributed by atoms with van der Waals surface area (Å²) in [7, 11) is 1.56. The molecule has 1 aromatic carbocycles. The first kappa shape index (κ1) is 14.0. The van der Waals surface area contributed by atoms with Crippen LogP contribution in [0.4, 0.5) is 0 Å². The van der Waals surface area contributed by atoms with E-state index in [2.05, 4.69) is 13.8 Å². The minimum Gasteiger partial charge on any atom is -0.495 e. The van der Waals surface area contributed by atoms with Crippen molar-refractivity contribution in [2.45, 2.75) is 25.6 Å². The average Bonchev–Trinajstić information content (AvgIpc) is 2.29. The van der Waals surface area contributed by atoms with E-state index in [0.29, 0.717) is 21.7 Å². The van der Waals surface area contributed by atoms with Crippen LogP contribution in [-0.4, -0.2) is 7.11 Å². The first-order valence-corrected chi connectivity index (χ1v) is 6.37. The van der Waals surface area contributed by atoms with E-state index in [1.54, 1.807) is 19.2 Å². The molecule has 0 heterocycles. The van der Waals surface area contributed by atoms with E-state index in [1.807, 2.05) is 0 Å². The van der Waals surface area contributed by atoms with Crippen molar-refractivity contribution in [2.75, 3.05) is 7.11 Å². The van der Waals surface area contributed by atoms with Crippen molar-refractivity contribution in [3.63, 3.8) is 0 Å². The molecule has 0 fully saturated rings. The van der Waals surface area contributed by atoms with Gasteiger partial charge in [-0.25, -0.2) is 0 Å². The van der Waals surface area contributed by atoms with Crippen molar-refractivity contribution in [3.8, 4) is 5.75 Å². The fraction of sp³-hybridized carbons (Fsp3) is 0.500. The van der Waals surface area contributed by atoms with Gasteiger partial charge in [-0.3, -0.25) is 0 Å². The zero-order valence-corrected chi connectivity index (χ0v) is 11.8. The third-order valence-electron chi connectivity index (χ3n) is 2.71. The van der Waals surface area contributed by atoms with Crippen LogP contribution >= 0.6 is 34.8 Å². The van der Waals surface area contributed by atoms with Gasteiger partial charge in [-0.1, -0.05) is 43.5 Å². The lowest BCUT2D eigenvalue weighted by molar-refractivity contribution is 0.414. The Hall–Kier alpha value is -0.110. The summed E-state index contributed by atoms with van der Waals surface area (Å²) in [6.07, 6.45) is 0.994. The van der Waals surface area contributed by atoms with Crippen LogP contribution in [0.25, 0.3) is 0 Å². The Morgan fingerprint density at radius 1 is 1.25 bits per heavy atom.